The molecule has 1 rings (SSSR count). The van der Waals surface area contributed by atoms with Gasteiger partial charge in [-0.05, 0) is 18.2 Å². The Morgan fingerprint density at radius 3 is 2.35 bits per heavy atom. The molecule has 0 amide bonds. The van der Waals surface area contributed by atoms with Crippen LogP contribution in [-0.4, -0.2) is 41.5 Å². The van der Waals surface area contributed by atoms with Crippen molar-refractivity contribution in [1.82, 2.24) is 0 Å². The second-order valence-electron chi connectivity index (χ2n) is 3.46. The van der Waals surface area contributed by atoms with E-state index >= 15 is 0 Å². The van der Waals surface area contributed by atoms with Crippen molar-refractivity contribution in [2.75, 3.05) is 31.2 Å². The van der Waals surface area contributed by atoms with Crippen molar-refractivity contribution in [3.63, 3.8) is 0 Å². The zero-order valence-electron chi connectivity index (χ0n) is 9.27. The molecule has 17 heavy (non-hydrogen) atoms. The summed E-state index contributed by atoms with van der Waals surface area (Å²) in [7, 11) is 0. The van der Waals surface area contributed by atoms with Crippen LogP contribution in [0.4, 0.5) is 5.69 Å². The third kappa shape index (κ3) is 3.92. The largest absolute Gasteiger partial charge is 0.395 e. The fourth-order valence-corrected chi connectivity index (χ4v) is 2.10. The highest BCUT2D eigenvalue weighted by molar-refractivity contribution is 9.10. The van der Waals surface area contributed by atoms with E-state index in [1.165, 1.54) is 0 Å². The SMILES string of the molecule is NC(=S)c1cc(Br)ccc1N(CCO)CCO. The first kappa shape index (κ1) is 14.4. The van der Waals surface area contributed by atoms with Crippen LogP contribution in [0.3, 0.4) is 0 Å². The molecule has 0 aliphatic rings. The van der Waals surface area contributed by atoms with Gasteiger partial charge in [-0.1, -0.05) is 28.1 Å². The lowest BCUT2D eigenvalue weighted by molar-refractivity contribution is 0.281. The van der Waals surface area contributed by atoms with Crippen molar-refractivity contribution in [3.05, 3.63) is 28.2 Å². The van der Waals surface area contributed by atoms with Gasteiger partial charge in [-0.2, -0.15) is 0 Å². The van der Waals surface area contributed by atoms with Gasteiger partial charge in [-0.3, -0.25) is 0 Å². The molecule has 1 aromatic rings. The Labute approximate surface area is 114 Å². The van der Waals surface area contributed by atoms with E-state index in [-0.39, 0.29) is 13.2 Å². The molecule has 0 aromatic heterocycles. The van der Waals surface area contributed by atoms with Crippen LogP contribution in [0.1, 0.15) is 5.56 Å². The maximum absolute atomic E-state index is 9.01. The quantitative estimate of drug-likeness (QED) is 0.679. The van der Waals surface area contributed by atoms with Crippen molar-refractivity contribution in [2.45, 2.75) is 0 Å². The molecule has 4 N–H and O–H groups in total. The summed E-state index contributed by atoms with van der Waals surface area (Å²) in [5, 5.41) is 18.0. The average molecular weight is 319 g/mol. The lowest BCUT2D eigenvalue weighted by Crippen LogP contribution is -2.31. The number of rotatable bonds is 6. The molecule has 0 atom stereocenters. The molecule has 0 saturated heterocycles. The normalized spacial score (nSPS) is 10.3. The van der Waals surface area contributed by atoms with Gasteiger partial charge in [-0.25, -0.2) is 0 Å². The van der Waals surface area contributed by atoms with Gasteiger partial charge < -0.3 is 20.8 Å². The first-order chi connectivity index (χ1) is 8.10. The lowest BCUT2D eigenvalue weighted by atomic mass is 10.1. The highest BCUT2D eigenvalue weighted by Crippen LogP contribution is 2.24. The third-order valence-corrected chi connectivity index (χ3v) is 3.02. The number of aliphatic hydroxyl groups is 2. The number of nitrogens with zero attached hydrogens (tertiary/aromatic N) is 1. The minimum absolute atomic E-state index is 0.00678. The first-order valence-corrected chi connectivity index (χ1v) is 6.36. The second-order valence-corrected chi connectivity index (χ2v) is 4.82. The van der Waals surface area contributed by atoms with E-state index in [0.717, 1.165) is 15.7 Å². The van der Waals surface area contributed by atoms with Gasteiger partial charge in [0.05, 0.1) is 13.2 Å². The number of aliphatic hydroxyl groups excluding tert-OH is 2. The van der Waals surface area contributed by atoms with Crippen molar-refractivity contribution in [2.24, 2.45) is 5.73 Å². The van der Waals surface area contributed by atoms with Crippen LogP contribution in [0.15, 0.2) is 22.7 Å². The number of benzene rings is 1. The lowest BCUT2D eigenvalue weighted by Gasteiger charge is -2.25. The first-order valence-electron chi connectivity index (χ1n) is 5.16. The van der Waals surface area contributed by atoms with Crippen LogP contribution >= 0.6 is 28.1 Å². The Balaban J connectivity index is 3.12. The fraction of sp³-hybridized carbons (Fsp3) is 0.364. The molecule has 1 aromatic carbocycles. The van der Waals surface area contributed by atoms with E-state index < -0.39 is 0 Å². The predicted octanol–water partition coefficient (Wildman–Crippen LogP) is 0.874. The molecule has 0 fully saturated rings. The molecule has 94 valence electrons. The van der Waals surface area contributed by atoms with Gasteiger partial charge in [0.25, 0.3) is 0 Å². The number of nitrogens with two attached hydrogens (primary N) is 1. The second kappa shape index (κ2) is 6.90. The number of thiocarbonyl (C=S) groups is 1. The van der Waals surface area contributed by atoms with Gasteiger partial charge in [-0.15, -0.1) is 0 Å². The standard InChI is InChI=1S/C11H15BrN2O2S/c12-8-1-2-10(9(7-8)11(13)17)14(3-5-15)4-6-16/h1-2,7,15-16H,3-6H2,(H2,13,17). The summed E-state index contributed by atoms with van der Waals surface area (Å²) in [5.41, 5.74) is 7.23. The average Bonchev–Trinajstić information content (AvgIpc) is 2.28. The molecule has 0 aliphatic heterocycles. The summed E-state index contributed by atoms with van der Waals surface area (Å²) in [6, 6.07) is 5.57. The summed E-state index contributed by atoms with van der Waals surface area (Å²) in [5.74, 6) is 0. The maximum atomic E-state index is 9.01. The zero-order valence-corrected chi connectivity index (χ0v) is 11.7. The van der Waals surface area contributed by atoms with Crippen LogP contribution in [-0.2, 0) is 0 Å². The van der Waals surface area contributed by atoms with E-state index in [1.807, 2.05) is 23.1 Å². The minimum Gasteiger partial charge on any atom is -0.395 e. The Morgan fingerprint density at radius 2 is 1.88 bits per heavy atom. The Bertz CT molecular complexity index is 395. The number of halogens is 1. The van der Waals surface area contributed by atoms with Crippen molar-refractivity contribution < 1.29 is 10.2 Å². The summed E-state index contributed by atoms with van der Waals surface area (Å²) in [6.45, 7) is 0.870. The summed E-state index contributed by atoms with van der Waals surface area (Å²) in [6.07, 6.45) is 0. The molecule has 0 spiro atoms. The minimum atomic E-state index is 0.00678. The van der Waals surface area contributed by atoms with E-state index in [1.54, 1.807) is 0 Å². The molecule has 0 aliphatic carbocycles. The molecule has 0 saturated carbocycles. The predicted molar refractivity (Wildman–Crippen MR) is 76.4 cm³/mol. The highest BCUT2D eigenvalue weighted by atomic mass is 79.9. The fourth-order valence-electron chi connectivity index (χ4n) is 1.58. The Morgan fingerprint density at radius 1 is 1.29 bits per heavy atom. The van der Waals surface area contributed by atoms with Gasteiger partial charge in [0.2, 0.25) is 0 Å². The van der Waals surface area contributed by atoms with Gasteiger partial charge in [0.1, 0.15) is 4.99 Å². The molecule has 0 radical (unpaired) electrons. The van der Waals surface area contributed by atoms with Crippen LogP contribution in [0.25, 0.3) is 0 Å². The van der Waals surface area contributed by atoms with E-state index in [9.17, 15) is 0 Å². The monoisotopic (exact) mass is 318 g/mol. The third-order valence-electron chi connectivity index (χ3n) is 2.30. The summed E-state index contributed by atoms with van der Waals surface area (Å²) < 4.78 is 0.886. The number of hydrogen-bond acceptors (Lipinski definition) is 4. The van der Waals surface area contributed by atoms with Crippen LogP contribution in [0.5, 0.6) is 0 Å². The molecular weight excluding hydrogens is 304 g/mol. The van der Waals surface area contributed by atoms with Crippen molar-refractivity contribution in [1.29, 1.82) is 0 Å². The molecule has 0 heterocycles. The van der Waals surface area contributed by atoms with E-state index in [0.29, 0.717) is 18.1 Å². The molecule has 6 heteroatoms. The summed E-state index contributed by atoms with van der Waals surface area (Å²) >= 11 is 8.36. The van der Waals surface area contributed by atoms with Crippen LogP contribution < -0.4 is 10.6 Å². The molecular formula is C11H15BrN2O2S. The number of hydrogen-bond donors (Lipinski definition) is 3. The zero-order chi connectivity index (χ0) is 12.8. The highest BCUT2D eigenvalue weighted by Gasteiger charge is 2.12. The Kier molecular flexibility index (Phi) is 5.84. The smallest absolute Gasteiger partial charge is 0.106 e. The molecule has 0 unspecified atom stereocenters. The van der Waals surface area contributed by atoms with Crippen molar-refractivity contribution >= 4 is 38.8 Å². The molecule has 4 nitrogen and oxygen atoms in total. The number of anilines is 1. The van der Waals surface area contributed by atoms with Crippen LogP contribution in [0, 0.1) is 0 Å². The van der Waals surface area contributed by atoms with E-state index in [2.05, 4.69) is 15.9 Å². The van der Waals surface area contributed by atoms with Gasteiger partial charge in [0, 0.05) is 28.8 Å². The van der Waals surface area contributed by atoms with Gasteiger partial charge in [0.15, 0.2) is 0 Å². The molecule has 0 bridgehead atoms. The van der Waals surface area contributed by atoms with Gasteiger partial charge >= 0.3 is 0 Å². The van der Waals surface area contributed by atoms with Crippen molar-refractivity contribution in [3.8, 4) is 0 Å². The van der Waals surface area contributed by atoms with E-state index in [4.69, 9.17) is 28.2 Å². The maximum Gasteiger partial charge on any atom is 0.106 e. The Hall–Kier alpha value is -0.690. The summed E-state index contributed by atoms with van der Waals surface area (Å²) in [4.78, 5) is 2.14. The topological polar surface area (TPSA) is 69.7 Å². The van der Waals surface area contributed by atoms with Crippen LogP contribution in [0.2, 0.25) is 0 Å².